The number of aryl methyl sites for hydroxylation is 1. The summed E-state index contributed by atoms with van der Waals surface area (Å²) in [5, 5.41) is 0. The monoisotopic (exact) mass is 228 g/mol. The summed E-state index contributed by atoms with van der Waals surface area (Å²) in [6, 6.07) is 8.90. The Hall–Kier alpha value is -0.140. The standard InChI is InChI=1S/C12H17ClS/c1-2-11-4-6-12(7-5-11)10-14-9-3-8-13/h4-7H,2-3,8-10H2,1H3. The summed E-state index contributed by atoms with van der Waals surface area (Å²) in [4.78, 5) is 0. The Labute approximate surface area is 96.0 Å². The van der Waals surface area contributed by atoms with Gasteiger partial charge in [-0.25, -0.2) is 0 Å². The van der Waals surface area contributed by atoms with Crippen LogP contribution in [-0.4, -0.2) is 11.6 Å². The molecule has 0 aromatic heterocycles. The van der Waals surface area contributed by atoms with Crippen molar-refractivity contribution in [3.8, 4) is 0 Å². The number of rotatable bonds is 6. The molecule has 0 N–H and O–H groups in total. The average molecular weight is 229 g/mol. The van der Waals surface area contributed by atoms with E-state index in [-0.39, 0.29) is 0 Å². The van der Waals surface area contributed by atoms with Gasteiger partial charge >= 0.3 is 0 Å². The zero-order chi connectivity index (χ0) is 10.2. The summed E-state index contributed by atoms with van der Waals surface area (Å²) in [6.07, 6.45) is 2.24. The highest BCUT2D eigenvalue weighted by atomic mass is 35.5. The third-order valence-corrected chi connectivity index (χ3v) is 3.50. The van der Waals surface area contributed by atoms with Crippen molar-refractivity contribution in [1.82, 2.24) is 0 Å². The highest BCUT2D eigenvalue weighted by Crippen LogP contribution is 2.14. The van der Waals surface area contributed by atoms with Gasteiger partial charge in [0, 0.05) is 11.6 Å². The maximum absolute atomic E-state index is 5.61. The van der Waals surface area contributed by atoms with Crippen LogP contribution in [0.5, 0.6) is 0 Å². The summed E-state index contributed by atoms with van der Waals surface area (Å²) in [6.45, 7) is 2.18. The molecule has 0 bridgehead atoms. The van der Waals surface area contributed by atoms with Crippen molar-refractivity contribution in [3.63, 3.8) is 0 Å². The minimum atomic E-state index is 0.780. The maximum Gasteiger partial charge on any atom is 0.0231 e. The second-order valence-electron chi connectivity index (χ2n) is 3.27. The van der Waals surface area contributed by atoms with E-state index in [1.54, 1.807) is 0 Å². The molecule has 0 saturated carbocycles. The molecule has 0 aliphatic carbocycles. The first kappa shape index (κ1) is 11.9. The second-order valence-corrected chi connectivity index (χ2v) is 4.75. The Bertz CT molecular complexity index is 243. The highest BCUT2D eigenvalue weighted by molar-refractivity contribution is 7.98. The maximum atomic E-state index is 5.61. The first-order chi connectivity index (χ1) is 6.86. The van der Waals surface area contributed by atoms with Crippen LogP contribution in [0.25, 0.3) is 0 Å². The summed E-state index contributed by atoms with van der Waals surface area (Å²) in [5.41, 5.74) is 2.83. The van der Waals surface area contributed by atoms with Crippen LogP contribution in [0, 0.1) is 0 Å². The van der Waals surface area contributed by atoms with Gasteiger partial charge < -0.3 is 0 Å². The molecular weight excluding hydrogens is 212 g/mol. The van der Waals surface area contributed by atoms with Crippen molar-refractivity contribution >= 4 is 23.4 Å². The average Bonchev–Trinajstić information content (AvgIpc) is 2.25. The van der Waals surface area contributed by atoms with E-state index in [4.69, 9.17) is 11.6 Å². The van der Waals surface area contributed by atoms with Crippen molar-refractivity contribution in [3.05, 3.63) is 35.4 Å². The van der Waals surface area contributed by atoms with E-state index >= 15 is 0 Å². The van der Waals surface area contributed by atoms with Crippen molar-refractivity contribution in [2.24, 2.45) is 0 Å². The van der Waals surface area contributed by atoms with Crippen LogP contribution in [0.4, 0.5) is 0 Å². The molecule has 0 radical (unpaired) electrons. The molecule has 0 amide bonds. The minimum absolute atomic E-state index is 0.780. The number of hydrogen-bond acceptors (Lipinski definition) is 1. The normalized spacial score (nSPS) is 10.4. The lowest BCUT2D eigenvalue weighted by atomic mass is 10.1. The SMILES string of the molecule is CCc1ccc(CSCCCCl)cc1. The molecule has 2 heteroatoms. The predicted octanol–water partition coefficient (Wildman–Crippen LogP) is 4.11. The lowest BCUT2D eigenvalue weighted by Gasteiger charge is -2.02. The van der Waals surface area contributed by atoms with Gasteiger partial charge in [0.05, 0.1) is 0 Å². The molecule has 0 aliphatic rings. The minimum Gasteiger partial charge on any atom is -0.157 e. The van der Waals surface area contributed by atoms with E-state index in [1.807, 2.05) is 11.8 Å². The Balaban J connectivity index is 2.29. The Morgan fingerprint density at radius 1 is 1.14 bits per heavy atom. The molecule has 78 valence electrons. The Kier molecular flexibility index (Phi) is 6.13. The Morgan fingerprint density at radius 3 is 2.36 bits per heavy atom. The fraction of sp³-hybridized carbons (Fsp3) is 0.500. The van der Waals surface area contributed by atoms with Gasteiger partial charge in [0.25, 0.3) is 0 Å². The lowest BCUT2D eigenvalue weighted by Crippen LogP contribution is -1.86. The summed E-state index contributed by atoms with van der Waals surface area (Å²) in [7, 11) is 0. The van der Waals surface area contributed by atoms with E-state index in [9.17, 15) is 0 Å². The van der Waals surface area contributed by atoms with Crippen molar-refractivity contribution in [1.29, 1.82) is 0 Å². The van der Waals surface area contributed by atoms with Gasteiger partial charge in [0.2, 0.25) is 0 Å². The molecule has 14 heavy (non-hydrogen) atoms. The van der Waals surface area contributed by atoms with E-state index in [0.29, 0.717) is 0 Å². The zero-order valence-corrected chi connectivity index (χ0v) is 10.2. The molecule has 0 aliphatic heterocycles. The van der Waals surface area contributed by atoms with E-state index < -0.39 is 0 Å². The van der Waals surface area contributed by atoms with Gasteiger partial charge in [0.15, 0.2) is 0 Å². The topological polar surface area (TPSA) is 0 Å². The zero-order valence-electron chi connectivity index (χ0n) is 8.63. The molecular formula is C12H17ClS. The summed E-state index contributed by atoms with van der Waals surface area (Å²) < 4.78 is 0. The number of halogens is 1. The van der Waals surface area contributed by atoms with Gasteiger partial charge in [-0.3, -0.25) is 0 Å². The van der Waals surface area contributed by atoms with Crippen LogP contribution in [0.3, 0.4) is 0 Å². The van der Waals surface area contributed by atoms with Gasteiger partial charge in [-0.15, -0.1) is 11.6 Å². The van der Waals surface area contributed by atoms with E-state index in [1.165, 1.54) is 16.9 Å². The molecule has 0 fully saturated rings. The molecule has 0 saturated heterocycles. The van der Waals surface area contributed by atoms with Gasteiger partial charge in [-0.1, -0.05) is 31.2 Å². The molecule has 1 rings (SSSR count). The van der Waals surface area contributed by atoms with Crippen molar-refractivity contribution in [2.75, 3.05) is 11.6 Å². The molecule has 1 aromatic carbocycles. The van der Waals surface area contributed by atoms with E-state index in [0.717, 1.165) is 24.5 Å². The molecule has 0 atom stereocenters. The lowest BCUT2D eigenvalue weighted by molar-refractivity contribution is 1.11. The summed E-state index contributed by atoms with van der Waals surface area (Å²) in [5.74, 6) is 3.06. The summed E-state index contributed by atoms with van der Waals surface area (Å²) >= 11 is 7.57. The first-order valence-electron chi connectivity index (χ1n) is 5.08. The van der Waals surface area contributed by atoms with Crippen molar-refractivity contribution in [2.45, 2.75) is 25.5 Å². The third kappa shape index (κ3) is 4.39. The van der Waals surface area contributed by atoms with Crippen LogP contribution in [0.15, 0.2) is 24.3 Å². The first-order valence-corrected chi connectivity index (χ1v) is 6.77. The molecule has 0 unspecified atom stereocenters. The number of thioether (sulfide) groups is 1. The molecule has 0 heterocycles. The van der Waals surface area contributed by atoms with Gasteiger partial charge in [-0.2, -0.15) is 11.8 Å². The smallest absolute Gasteiger partial charge is 0.0231 e. The van der Waals surface area contributed by atoms with Crippen molar-refractivity contribution < 1.29 is 0 Å². The van der Waals surface area contributed by atoms with E-state index in [2.05, 4.69) is 31.2 Å². The predicted molar refractivity (Wildman–Crippen MR) is 67.3 cm³/mol. The van der Waals surface area contributed by atoms with Gasteiger partial charge in [-0.05, 0) is 29.7 Å². The largest absolute Gasteiger partial charge is 0.157 e. The van der Waals surface area contributed by atoms with Crippen LogP contribution in [-0.2, 0) is 12.2 Å². The quantitative estimate of drug-likeness (QED) is 0.522. The Morgan fingerprint density at radius 2 is 1.79 bits per heavy atom. The number of hydrogen-bond donors (Lipinski definition) is 0. The highest BCUT2D eigenvalue weighted by Gasteiger charge is 1.94. The number of benzene rings is 1. The third-order valence-electron chi connectivity index (χ3n) is 2.12. The van der Waals surface area contributed by atoms with Crippen LogP contribution >= 0.6 is 23.4 Å². The number of alkyl halides is 1. The van der Waals surface area contributed by atoms with Crippen LogP contribution in [0.1, 0.15) is 24.5 Å². The molecule has 1 aromatic rings. The fourth-order valence-corrected chi connectivity index (χ4v) is 2.43. The molecule has 0 nitrogen and oxygen atoms in total. The van der Waals surface area contributed by atoms with Crippen LogP contribution < -0.4 is 0 Å². The van der Waals surface area contributed by atoms with Gasteiger partial charge in [0.1, 0.15) is 0 Å². The molecule has 0 spiro atoms. The van der Waals surface area contributed by atoms with Crippen LogP contribution in [0.2, 0.25) is 0 Å². The second kappa shape index (κ2) is 7.19. The fourth-order valence-electron chi connectivity index (χ4n) is 1.22.